The molecule has 0 spiro atoms. The molecule has 1 fully saturated rings. The number of rotatable bonds is 3. The van der Waals surface area contributed by atoms with Gasteiger partial charge in [-0.25, -0.2) is 0 Å². The first-order valence-electron chi connectivity index (χ1n) is 6.88. The van der Waals surface area contributed by atoms with E-state index in [0.29, 0.717) is 11.7 Å². The lowest BCUT2D eigenvalue weighted by atomic mass is 9.76. The minimum absolute atomic E-state index is 0.235. The molecule has 0 N–H and O–H groups in total. The summed E-state index contributed by atoms with van der Waals surface area (Å²) in [5, 5.41) is 0. The Morgan fingerprint density at radius 3 is 2.67 bits per heavy atom. The van der Waals surface area contributed by atoms with Crippen LogP contribution in [0.4, 0.5) is 0 Å². The molecule has 96 valence electrons. The van der Waals surface area contributed by atoms with Crippen LogP contribution in [0, 0.1) is 5.92 Å². The van der Waals surface area contributed by atoms with Crippen molar-refractivity contribution in [2.24, 2.45) is 5.92 Å². The van der Waals surface area contributed by atoms with Crippen molar-refractivity contribution in [3.8, 4) is 0 Å². The van der Waals surface area contributed by atoms with Crippen molar-refractivity contribution in [2.75, 3.05) is 0 Å². The van der Waals surface area contributed by atoms with Crippen LogP contribution in [0.3, 0.4) is 0 Å². The number of hydrogen-bond donors (Lipinski definition) is 0. The quantitative estimate of drug-likeness (QED) is 0.713. The molecule has 0 heterocycles. The molecule has 2 rings (SSSR count). The van der Waals surface area contributed by atoms with E-state index in [1.54, 1.807) is 0 Å². The molecule has 1 aliphatic carbocycles. The molecule has 1 heteroatoms. The summed E-state index contributed by atoms with van der Waals surface area (Å²) < 4.78 is 0. The van der Waals surface area contributed by atoms with Crippen LogP contribution in [0.25, 0.3) is 0 Å². The molecular weight excluding hydrogens is 220 g/mol. The van der Waals surface area contributed by atoms with E-state index in [2.05, 4.69) is 50.3 Å². The molecule has 0 aliphatic heterocycles. The van der Waals surface area contributed by atoms with Crippen molar-refractivity contribution < 1.29 is 4.79 Å². The standard InChI is InChI=1S/C17H22O/c1-13(2)8-9-16-12-15(10-11-17(16)18)14-6-4-3-5-7-14/h3-8,15-16H,9-12H2,1-2H3. The van der Waals surface area contributed by atoms with E-state index in [0.717, 1.165) is 25.7 Å². The fraction of sp³-hybridized carbons (Fsp3) is 0.471. The third-order valence-corrected chi connectivity index (χ3v) is 3.85. The van der Waals surface area contributed by atoms with Gasteiger partial charge in [0.15, 0.2) is 0 Å². The zero-order valence-electron chi connectivity index (χ0n) is 11.4. The van der Waals surface area contributed by atoms with Crippen LogP contribution in [-0.2, 0) is 4.79 Å². The maximum atomic E-state index is 12.0. The Morgan fingerprint density at radius 1 is 1.28 bits per heavy atom. The number of benzene rings is 1. The molecule has 1 nitrogen and oxygen atoms in total. The molecule has 1 aliphatic rings. The minimum Gasteiger partial charge on any atom is -0.299 e. The van der Waals surface area contributed by atoms with Crippen LogP contribution >= 0.6 is 0 Å². The van der Waals surface area contributed by atoms with Gasteiger partial charge in [-0.3, -0.25) is 4.79 Å². The van der Waals surface area contributed by atoms with Gasteiger partial charge in [0.1, 0.15) is 5.78 Å². The second-order valence-corrected chi connectivity index (χ2v) is 5.56. The number of carbonyl (C=O) groups is 1. The lowest BCUT2D eigenvalue weighted by Crippen LogP contribution is -2.23. The second kappa shape index (κ2) is 5.99. The van der Waals surface area contributed by atoms with Gasteiger partial charge in [-0.15, -0.1) is 0 Å². The van der Waals surface area contributed by atoms with Crippen LogP contribution in [0.15, 0.2) is 42.0 Å². The molecule has 0 bridgehead atoms. The molecule has 0 amide bonds. The molecule has 0 saturated heterocycles. The Balaban J connectivity index is 2.04. The molecule has 1 aromatic rings. The summed E-state index contributed by atoms with van der Waals surface area (Å²) in [6, 6.07) is 10.6. The zero-order valence-corrected chi connectivity index (χ0v) is 11.4. The Labute approximate surface area is 110 Å². The summed E-state index contributed by atoms with van der Waals surface area (Å²) in [4.78, 5) is 12.0. The van der Waals surface area contributed by atoms with E-state index < -0.39 is 0 Å². The third kappa shape index (κ3) is 3.32. The van der Waals surface area contributed by atoms with E-state index in [9.17, 15) is 4.79 Å². The molecule has 0 radical (unpaired) electrons. The molecule has 1 saturated carbocycles. The van der Waals surface area contributed by atoms with Crippen LogP contribution < -0.4 is 0 Å². The van der Waals surface area contributed by atoms with Crippen molar-refractivity contribution in [3.63, 3.8) is 0 Å². The van der Waals surface area contributed by atoms with Gasteiger partial charge < -0.3 is 0 Å². The van der Waals surface area contributed by atoms with Gasteiger partial charge in [-0.1, -0.05) is 42.0 Å². The van der Waals surface area contributed by atoms with Gasteiger partial charge in [0.05, 0.1) is 0 Å². The topological polar surface area (TPSA) is 17.1 Å². The van der Waals surface area contributed by atoms with Crippen molar-refractivity contribution >= 4 is 5.78 Å². The minimum atomic E-state index is 0.235. The van der Waals surface area contributed by atoms with E-state index >= 15 is 0 Å². The molecule has 18 heavy (non-hydrogen) atoms. The van der Waals surface area contributed by atoms with Gasteiger partial charge in [-0.05, 0) is 44.6 Å². The van der Waals surface area contributed by atoms with Crippen molar-refractivity contribution in [1.29, 1.82) is 0 Å². The largest absolute Gasteiger partial charge is 0.299 e. The summed E-state index contributed by atoms with van der Waals surface area (Å²) in [6.07, 6.45) is 5.92. The predicted molar refractivity (Wildman–Crippen MR) is 75.6 cm³/mol. The second-order valence-electron chi connectivity index (χ2n) is 5.56. The van der Waals surface area contributed by atoms with Gasteiger partial charge in [-0.2, -0.15) is 0 Å². The van der Waals surface area contributed by atoms with Crippen LogP contribution in [0.1, 0.15) is 51.0 Å². The van der Waals surface area contributed by atoms with Crippen LogP contribution in [0.2, 0.25) is 0 Å². The maximum Gasteiger partial charge on any atom is 0.136 e. The Morgan fingerprint density at radius 2 is 2.00 bits per heavy atom. The SMILES string of the molecule is CC(C)=CCC1CC(c2ccccc2)CCC1=O. The number of ketones is 1. The summed E-state index contributed by atoms with van der Waals surface area (Å²) in [5.41, 5.74) is 2.71. The van der Waals surface area contributed by atoms with Crippen LogP contribution in [0.5, 0.6) is 0 Å². The van der Waals surface area contributed by atoms with E-state index in [4.69, 9.17) is 0 Å². The molecule has 0 aromatic heterocycles. The highest BCUT2D eigenvalue weighted by Crippen LogP contribution is 2.35. The molecule has 1 aromatic carbocycles. The summed E-state index contributed by atoms with van der Waals surface area (Å²) in [7, 11) is 0. The number of allylic oxidation sites excluding steroid dienone is 2. The molecule has 2 unspecified atom stereocenters. The van der Waals surface area contributed by atoms with Gasteiger partial charge in [0, 0.05) is 12.3 Å². The molecule has 2 atom stereocenters. The Bertz CT molecular complexity index is 426. The first-order valence-corrected chi connectivity index (χ1v) is 6.88. The van der Waals surface area contributed by atoms with Crippen molar-refractivity contribution in [2.45, 2.75) is 45.4 Å². The van der Waals surface area contributed by atoms with Crippen molar-refractivity contribution in [1.82, 2.24) is 0 Å². The fourth-order valence-corrected chi connectivity index (χ4v) is 2.75. The average Bonchev–Trinajstić information content (AvgIpc) is 2.38. The zero-order chi connectivity index (χ0) is 13.0. The maximum absolute atomic E-state index is 12.0. The van der Waals surface area contributed by atoms with Crippen molar-refractivity contribution in [3.05, 3.63) is 47.5 Å². The van der Waals surface area contributed by atoms with E-state index in [1.807, 2.05) is 0 Å². The smallest absolute Gasteiger partial charge is 0.136 e. The lowest BCUT2D eigenvalue weighted by Gasteiger charge is -2.28. The highest BCUT2D eigenvalue weighted by atomic mass is 16.1. The fourth-order valence-electron chi connectivity index (χ4n) is 2.75. The van der Waals surface area contributed by atoms with Gasteiger partial charge in [0.2, 0.25) is 0 Å². The number of hydrogen-bond acceptors (Lipinski definition) is 1. The Hall–Kier alpha value is -1.37. The van der Waals surface area contributed by atoms with E-state index in [-0.39, 0.29) is 5.92 Å². The monoisotopic (exact) mass is 242 g/mol. The summed E-state index contributed by atoms with van der Waals surface area (Å²) in [5.74, 6) is 1.26. The predicted octanol–water partition coefficient (Wildman–Crippen LogP) is 4.50. The van der Waals surface area contributed by atoms with Gasteiger partial charge >= 0.3 is 0 Å². The van der Waals surface area contributed by atoms with Crippen LogP contribution in [-0.4, -0.2) is 5.78 Å². The Kier molecular flexibility index (Phi) is 4.35. The number of carbonyl (C=O) groups excluding carboxylic acids is 1. The summed E-state index contributed by atoms with van der Waals surface area (Å²) in [6.45, 7) is 4.20. The highest BCUT2D eigenvalue weighted by molar-refractivity contribution is 5.82. The molecular formula is C17H22O. The highest BCUT2D eigenvalue weighted by Gasteiger charge is 2.28. The lowest BCUT2D eigenvalue weighted by molar-refractivity contribution is -0.124. The first kappa shape index (κ1) is 13.1. The number of Topliss-reactive ketones (excluding diaryl/α,β-unsaturated/α-hetero) is 1. The normalized spacial score (nSPS) is 23.8. The first-order chi connectivity index (χ1) is 8.66. The third-order valence-electron chi connectivity index (χ3n) is 3.85. The van der Waals surface area contributed by atoms with Gasteiger partial charge in [0.25, 0.3) is 0 Å². The van der Waals surface area contributed by atoms with E-state index in [1.165, 1.54) is 11.1 Å². The average molecular weight is 242 g/mol. The summed E-state index contributed by atoms with van der Waals surface area (Å²) >= 11 is 0.